The van der Waals surface area contributed by atoms with Gasteiger partial charge in [-0.25, -0.2) is 4.39 Å². The summed E-state index contributed by atoms with van der Waals surface area (Å²) in [5, 5.41) is 12.7. The van der Waals surface area contributed by atoms with Gasteiger partial charge in [0.05, 0.1) is 12.6 Å². The van der Waals surface area contributed by atoms with Crippen molar-refractivity contribution in [2.75, 3.05) is 6.61 Å². The van der Waals surface area contributed by atoms with E-state index in [1.807, 2.05) is 36.4 Å². The van der Waals surface area contributed by atoms with Crippen molar-refractivity contribution in [3.05, 3.63) is 71.0 Å². The molecule has 0 saturated carbocycles. The number of rotatable bonds is 5. The Morgan fingerprint density at radius 1 is 1.16 bits per heavy atom. The van der Waals surface area contributed by atoms with Gasteiger partial charge in [-0.3, -0.25) is 0 Å². The number of aliphatic hydroxyl groups excluding tert-OH is 1. The highest BCUT2D eigenvalue weighted by molar-refractivity contribution is 5.24. The fraction of sp³-hybridized carbons (Fsp3) is 0.250. The van der Waals surface area contributed by atoms with Crippen LogP contribution in [-0.4, -0.2) is 11.7 Å². The molecule has 0 aliphatic heterocycles. The number of halogens is 1. The maximum Gasteiger partial charge on any atom is 0.126 e. The summed E-state index contributed by atoms with van der Waals surface area (Å²) < 4.78 is 13.2. The summed E-state index contributed by atoms with van der Waals surface area (Å²) in [6, 6.07) is 14.7. The average molecular weight is 259 g/mol. The second-order valence-corrected chi connectivity index (χ2v) is 4.61. The highest BCUT2D eigenvalue weighted by Crippen LogP contribution is 2.14. The van der Waals surface area contributed by atoms with E-state index in [9.17, 15) is 9.50 Å². The van der Waals surface area contributed by atoms with Crippen LogP contribution in [0.4, 0.5) is 4.39 Å². The maximum atomic E-state index is 13.2. The molecular weight excluding hydrogens is 241 g/mol. The minimum Gasteiger partial charge on any atom is -0.394 e. The zero-order valence-corrected chi connectivity index (χ0v) is 10.9. The maximum absolute atomic E-state index is 13.2. The van der Waals surface area contributed by atoms with E-state index in [-0.39, 0.29) is 18.5 Å². The third kappa shape index (κ3) is 3.63. The molecule has 100 valence electrons. The summed E-state index contributed by atoms with van der Waals surface area (Å²) in [5.74, 6) is -0.189. The van der Waals surface area contributed by atoms with Crippen molar-refractivity contribution in [1.29, 1.82) is 0 Å². The van der Waals surface area contributed by atoms with E-state index in [0.717, 1.165) is 11.1 Å². The number of nitrogens with one attached hydrogen (secondary N) is 1. The number of hydrogen-bond donors (Lipinski definition) is 2. The standard InChI is InChI=1S/C16H18FNO/c1-12-9-13(7-8-15(12)17)10-18-16(11-19)14-5-3-2-4-6-14/h2-9,16,18-19H,10-11H2,1H3. The van der Waals surface area contributed by atoms with Crippen LogP contribution in [0.5, 0.6) is 0 Å². The molecule has 2 aromatic carbocycles. The molecular formula is C16H18FNO. The van der Waals surface area contributed by atoms with Gasteiger partial charge in [-0.05, 0) is 29.7 Å². The molecule has 0 amide bonds. The molecule has 0 aliphatic rings. The fourth-order valence-corrected chi connectivity index (χ4v) is 2.03. The van der Waals surface area contributed by atoms with Crippen LogP contribution in [0.1, 0.15) is 22.7 Å². The van der Waals surface area contributed by atoms with Gasteiger partial charge in [0, 0.05) is 6.54 Å². The van der Waals surface area contributed by atoms with Crippen LogP contribution in [-0.2, 0) is 6.54 Å². The number of aliphatic hydroxyl groups is 1. The molecule has 1 unspecified atom stereocenters. The van der Waals surface area contributed by atoms with Gasteiger partial charge in [0.25, 0.3) is 0 Å². The largest absolute Gasteiger partial charge is 0.394 e. The zero-order chi connectivity index (χ0) is 13.7. The second-order valence-electron chi connectivity index (χ2n) is 4.61. The lowest BCUT2D eigenvalue weighted by atomic mass is 10.1. The highest BCUT2D eigenvalue weighted by Gasteiger charge is 2.09. The first-order chi connectivity index (χ1) is 9.20. The van der Waals surface area contributed by atoms with E-state index in [1.165, 1.54) is 6.07 Å². The van der Waals surface area contributed by atoms with Gasteiger partial charge < -0.3 is 10.4 Å². The molecule has 2 aromatic rings. The number of benzene rings is 2. The van der Waals surface area contributed by atoms with E-state index in [4.69, 9.17) is 0 Å². The van der Waals surface area contributed by atoms with Gasteiger partial charge in [-0.1, -0.05) is 42.5 Å². The Balaban J connectivity index is 2.02. The van der Waals surface area contributed by atoms with Crippen molar-refractivity contribution in [1.82, 2.24) is 5.32 Å². The monoisotopic (exact) mass is 259 g/mol. The van der Waals surface area contributed by atoms with Crippen molar-refractivity contribution in [3.8, 4) is 0 Å². The van der Waals surface area contributed by atoms with Crippen LogP contribution in [0.15, 0.2) is 48.5 Å². The molecule has 19 heavy (non-hydrogen) atoms. The molecule has 0 aromatic heterocycles. The summed E-state index contributed by atoms with van der Waals surface area (Å²) in [5.41, 5.74) is 2.69. The minimum absolute atomic E-state index is 0.0319. The van der Waals surface area contributed by atoms with E-state index in [0.29, 0.717) is 12.1 Å². The lowest BCUT2D eigenvalue weighted by Gasteiger charge is -2.17. The van der Waals surface area contributed by atoms with E-state index >= 15 is 0 Å². The smallest absolute Gasteiger partial charge is 0.126 e. The minimum atomic E-state index is -0.189. The molecule has 2 rings (SSSR count). The first-order valence-electron chi connectivity index (χ1n) is 6.35. The van der Waals surface area contributed by atoms with Crippen molar-refractivity contribution in [3.63, 3.8) is 0 Å². The van der Waals surface area contributed by atoms with Gasteiger partial charge >= 0.3 is 0 Å². The average Bonchev–Trinajstić information content (AvgIpc) is 2.44. The van der Waals surface area contributed by atoms with Crippen LogP contribution >= 0.6 is 0 Å². The van der Waals surface area contributed by atoms with Crippen molar-refractivity contribution >= 4 is 0 Å². The Morgan fingerprint density at radius 3 is 2.53 bits per heavy atom. The fourth-order valence-electron chi connectivity index (χ4n) is 2.03. The Kier molecular flexibility index (Phi) is 4.66. The molecule has 0 aliphatic carbocycles. The molecule has 0 saturated heterocycles. The zero-order valence-electron chi connectivity index (χ0n) is 10.9. The summed E-state index contributed by atoms with van der Waals surface area (Å²) >= 11 is 0. The normalized spacial score (nSPS) is 12.4. The van der Waals surface area contributed by atoms with Crippen LogP contribution < -0.4 is 5.32 Å². The van der Waals surface area contributed by atoms with E-state index < -0.39 is 0 Å². The number of aryl methyl sites for hydroxylation is 1. The van der Waals surface area contributed by atoms with Gasteiger partial charge in [-0.15, -0.1) is 0 Å². The molecule has 0 bridgehead atoms. The topological polar surface area (TPSA) is 32.3 Å². The molecule has 0 radical (unpaired) electrons. The van der Waals surface area contributed by atoms with E-state index in [2.05, 4.69) is 5.32 Å². The van der Waals surface area contributed by atoms with Crippen molar-refractivity contribution in [2.24, 2.45) is 0 Å². The highest BCUT2D eigenvalue weighted by atomic mass is 19.1. The molecule has 2 N–H and O–H groups in total. The molecule has 2 nitrogen and oxygen atoms in total. The predicted molar refractivity (Wildman–Crippen MR) is 74.2 cm³/mol. The number of hydrogen-bond acceptors (Lipinski definition) is 2. The lowest BCUT2D eigenvalue weighted by molar-refractivity contribution is 0.243. The summed E-state index contributed by atoms with van der Waals surface area (Å²) in [4.78, 5) is 0. The van der Waals surface area contributed by atoms with Gasteiger partial charge in [0.2, 0.25) is 0 Å². The second kappa shape index (κ2) is 6.45. The van der Waals surface area contributed by atoms with Crippen LogP contribution in [0.2, 0.25) is 0 Å². The first-order valence-corrected chi connectivity index (χ1v) is 6.35. The van der Waals surface area contributed by atoms with Gasteiger partial charge in [0.1, 0.15) is 5.82 Å². The molecule has 3 heteroatoms. The third-order valence-electron chi connectivity index (χ3n) is 3.16. The third-order valence-corrected chi connectivity index (χ3v) is 3.16. The first kappa shape index (κ1) is 13.7. The Morgan fingerprint density at radius 2 is 1.89 bits per heavy atom. The van der Waals surface area contributed by atoms with Crippen LogP contribution in [0.25, 0.3) is 0 Å². The lowest BCUT2D eigenvalue weighted by Crippen LogP contribution is -2.24. The van der Waals surface area contributed by atoms with E-state index in [1.54, 1.807) is 13.0 Å². The molecule has 0 spiro atoms. The summed E-state index contributed by atoms with van der Waals surface area (Å²) in [6.45, 7) is 2.38. The van der Waals surface area contributed by atoms with Crippen LogP contribution in [0, 0.1) is 12.7 Å². The molecule has 0 fully saturated rings. The summed E-state index contributed by atoms with van der Waals surface area (Å²) in [6.07, 6.45) is 0. The SMILES string of the molecule is Cc1cc(CNC(CO)c2ccccc2)ccc1F. The summed E-state index contributed by atoms with van der Waals surface area (Å²) in [7, 11) is 0. The Bertz CT molecular complexity index is 528. The molecule has 1 atom stereocenters. The van der Waals surface area contributed by atoms with Gasteiger partial charge in [0.15, 0.2) is 0 Å². The Hall–Kier alpha value is -1.71. The van der Waals surface area contributed by atoms with Crippen LogP contribution in [0.3, 0.4) is 0 Å². The van der Waals surface area contributed by atoms with Crippen molar-refractivity contribution < 1.29 is 9.50 Å². The molecule has 0 heterocycles. The van der Waals surface area contributed by atoms with Crippen molar-refractivity contribution in [2.45, 2.75) is 19.5 Å². The van der Waals surface area contributed by atoms with Gasteiger partial charge in [-0.2, -0.15) is 0 Å². The quantitative estimate of drug-likeness (QED) is 0.865. The Labute approximate surface area is 112 Å². The predicted octanol–water partition coefficient (Wildman–Crippen LogP) is 2.96.